The van der Waals surface area contributed by atoms with Crippen molar-refractivity contribution >= 4 is 49.9 Å². The second-order valence-electron chi connectivity index (χ2n) is 6.88. The van der Waals surface area contributed by atoms with E-state index in [2.05, 4.69) is 10.3 Å². The van der Waals surface area contributed by atoms with E-state index >= 15 is 0 Å². The topological polar surface area (TPSA) is 109 Å². The second-order valence-corrected chi connectivity index (χ2v) is 10.5. The number of amides is 2. The zero-order chi connectivity index (χ0) is 20.3. The van der Waals surface area contributed by atoms with E-state index in [4.69, 9.17) is 16.3 Å². The lowest BCUT2D eigenvalue weighted by Gasteiger charge is -2.38. The normalized spacial score (nSPS) is 22.9. The van der Waals surface area contributed by atoms with Gasteiger partial charge in [-0.1, -0.05) is 22.9 Å². The highest BCUT2D eigenvalue weighted by Gasteiger charge is 2.38. The van der Waals surface area contributed by atoms with Crippen LogP contribution in [0.2, 0.25) is 4.34 Å². The maximum Gasteiger partial charge on any atom is 0.249 e. The molecule has 0 bridgehead atoms. The van der Waals surface area contributed by atoms with E-state index in [-0.39, 0.29) is 31.6 Å². The summed E-state index contributed by atoms with van der Waals surface area (Å²) in [5, 5.41) is 3.07. The third-order valence-corrected chi connectivity index (χ3v) is 7.12. The summed E-state index contributed by atoms with van der Waals surface area (Å²) in [5.74, 6) is -0.772. The lowest BCUT2D eigenvalue weighted by Crippen LogP contribution is -2.58. The molecule has 1 aromatic heterocycles. The van der Waals surface area contributed by atoms with Crippen LogP contribution in [0.3, 0.4) is 0 Å². The Bertz CT molecular complexity index is 825. The number of carbonyl (C=O) groups is 2. The Balaban J connectivity index is 1.75. The third-order valence-electron chi connectivity index (χ3n) is 4.84. The molecule has 1 N–H and O–H groups in total. The Morgan fingerprint density at radius 1 is 1.46 bits per heavy atom. The van der Waals surface area contributed by atoms with Crippen molar-refractivity contribution in [2.45, 2.75) is 37.8 Å². The van der Waals surface area contributed by atoms with Crippen molar-refractivity contribution < 1.29 is 22.7 Å². The van der Waals surface area contributed by atoms with Crippen molar-refractivity contribution in [2.24, 2.45) is 0 Å². The average Bonchev–Trinajstić information content (AvgIpc) is 3.04. The van der Waals surface area contributed by atoms with Crippen LogP contribution in [-0.2, 0) is 24.3 Å². The number of nitrogens with zero attached hydrogens (tertiary/aromatic N) is 3. The molecule has 0 aromatic carbocycles. The van der Waals surface area contributed by atoms with E-state index in [1.54, 1.807) is 0 Å². The fraction of sp³-hybridized carbons (Fsp3) is 0.688. The molecule has 12 heteroatoms. The van der Waals surface area contributed by atoms with Gasteiger partial charge in [0.15, 0.2) is 5.13 Å². The molecular weight excluding hydrogens is 428 g/mol. The molecular formula is C16H23ClN4O5S2. The van der Waals surface area contributed by atoms with Crippen LogP contribution in [0.5, 0.6) is 0 Å². The lowest BCUT2D eigenvalue weighted by atomic mass is 9.99. The molecule has 2 atom stereocenters. The molecule has 2 fully saturated rings. The standard InChI is InChI=1S/C16H23ClN4O5S2/c1-28(24,25)20-5-6-21(14(22)10-20)12(8-11-4-2-3-7-26-11)15(23)19-16-18-9-13(17)27-16/h9,11-12H,2-8,10H2,1H3,(H,18,19,23)/t11?,12-/m0/s1. The molecule has 0 spiro atoms. The van der Waals surface area contributed by atoms with Crippen LogP contribution in [0.15, 0.2) is 6.20 Å². The fourth-order valence-corrected chi connectivity index (χ4v) is 4.97. The quantitative estimate of drug-likeness (QED) is 0.696. The van der Waals surface area contributed by atoms with Crippen LogP contribution < -0.4 is 5.32 Å². The highest BCUT2D eigenvalue weighted by atomic mass is 35.5. The molecule has 0 aliphatic carbocycles. The number of anilines is 1. The van der Waals surface area contributed by atoms with Gasteiger partial charge in [-0.15, -0.1) is 0 Å². The van der Waals surface area contributed by atoms with Gasteiger partial charge in [0.2, 0.25) is 21.8 Å². The molecule has 3 rings (SSSR count). The van der Waals surface area contributed by atoms with E-state index in [0.717, 1.165) is 41.2 Å². The average molecular weight is 451 g/mol. The van der Waals surface area contributed by atoms with Crippen molar-refractivity contribution in [3.8, 4) is 0 Å². The first-order valence-electron chi connectivity index (χ1n) is 9.02. The van der Waals surface area contributed by atoms with Crippen molar-refractivity contribution in [2.75, 3.05) is 37.8 Å². The van der Waals surface area contributed by atoms with Gasteiger partial charge in [-0.25, -0.2) is 13.4 Å². The molecule has 28 heavy (non-hydrogen) atoms. The number of hydrogen-bond donors (Lipinski definition) is 1. The van der Waals surface area contributed by atoms with Crippen LogP contribution in [0.4, 0.5) is 5.13 Å². The first-order valence-corrected chi connectivity index (χ1v) is 12.1. The fourth-order valence-electron chi connectivity index (χ4n) is 3.40. The van der Waals surface area contributed by atoms with Crippen molar-refractivity contribution in [3.05, 3.63) is 10.5 Å². The van der Waals surface area contributed by atoms with E-state index in [1.165, 1.54) is 11.1 Å². The molecule has 3 heterocycles. The number of nitrogens with one attached hydrogen (secondary N) is 1. The number of hydrogen-bond acceptors (Lipinski definition) is 7. The van der Waals surface area contributed by atoms with Crippen LogP contribution in [0, 0.1) is 0 Å². The van der Waals surface area contributed by atoms with E-state index < -0.39 is 22.0 Å². The summed E-state index contributed by atoms with van der Waals surface area (Å²) in [6.07, 6.45) is 5.57. The van der Waals surface area contributed by atoms with Gasteiger partial charge in [0.1, 0.15) is 10.4 Å². The van der Waals surface area contributed by atoms with Gasteiger partial charge in [-0.3, -0.25) is 9.59 Å². The molecule has 0 saturated carbocycles. The summed E-state index contributed by atoms with van der Waals surface area (Å²) in [4.78, 5) is 31.1. The number of halogens is 1. The van der Waals surface area contributed by atoms with E-state index in [9.17, 15) is 18.0 Å². The highest BCUT2D eigenvalue weighted by Crippen LogP contribution is 2.25. The predicted octanol–water partition coefficient (Wildman–Crippen LogP) is 1.17. The number of thiazole rings is 1. The highest BCUT2D eigenvalue weighted by molar-refractivity contribution is 7.88. The Kier molecular flexibility index (Phi) is 6.92. The summed E-state index contributed by atoms with van der Waals surface area (Å²) >= 11 is 7.00. The second kappa shape index (κ2) is 9.04. The number of sulfonamides is 1. The van der Waals surface area contributed by atoms with Crippen LogP contribution >= 0.6 is 22.9 Å². The van der Waals surface area contributed by atoms with E-state index in [0.29, 0.717) is 22.5 Å². The maximum absolute atomic E-state index is 13.0. The Hall–Kier alpha value is -1.27. The Morgan fingerprint density at radius 2 is 2.25 bits per heavy atom. The summed E-state index contributed by atoms with van der Waals surface area (Å²) in [5.41, 5.74) is 0. The maximum atomic E-state index is 13.0. The number of rotatable bonds is 6. The zero-order valence-electron chi connectivity index (χ0n) is 15.5. The van der Waals surface area contributed by atoms with Crippen LogP contribution in [0.25, 0.3) is 0 Å². The van der Waals surface area contributed by atoms with Crippen molar-refractivity contribution in [1.29, 1.82) is 0 Å². The molecule has 9 nitrogen and oxygen atoms in total. The number of ether oxygens (including phenoxy) is 1. The summed E-state index contributed by atoms with van der Waals surface area (Å²) in [7, 11) is -3.46. The number of aromatic nitrogens is 1. The minimum absolute atomic E-state index is 0.120. The molecule has 156 valence electrons. The zero-order valence-corrected chi connectivity index (χ0v) is 17.9. The van der Waals surface area contributed by atoms with E-state index in [1.807, 2.05) is 0 Å². The third kappa shape index (κ3) is 5.41. The molecule has 2 saturated heterocycles. The monoisotopic (exact) mass is 450 g/mol. The summed E-state index contributed by atoms with van der Waals surface area (Å²) in [6.45, 7) is 0.673. The van der Waals surface area contributed by atoms with Crippen molar-refractivity contribution in [3.63, 3.8) is 0 Å². The Labute approximate surface area is 173 Å². The van der Waals surface area contributed by atoms with Gasteiger partial charge >= 0.3 is 0 Å². The number of carbonyl (C=O) groups excluding carboxylic acids is 2. The first kappa shape index (κ1) is 21.4. The van der Waals surface area contributed by atoms with Gasteiger partial charge < -0.3 is 15.0 Å². The van der Waals surface area contributed by atoms with Gasteiger partial charge in [0, 0.05) is 26.1 Å². The summed E-state index contributed by atoms with van der Waals surface area (Å²) < 4.78 is 30.8. The Morgan fingerprint density at radius 3 is 2.82 bits per heavy atom. The molecule has 2 aliphatic heterocycles. The van der Waals surface area contributed by atoms with Crippen molar-refractivity contribution in [1.82, 2.24) is 14.2 Å². The van der Waals surface area contributed by atoms with Crippen LogP contribution in [-0.4, -0.2) is 79.1 Å². The molecule has 2 aliphatic rings. The lowest BCUT2D eigenvalue weighted by molar-refractivity contribution is -0.143. The van der Waals surface area contributed by atoms with Gasteiger partial charge in [-0.05, 0) is 19.3 Å². The first-order chi connectivity index (χ1) is 13.2. The largest absolute Gasteiger partial charge is 0.378 e. The number of piperazine rings is 1. The van der Waals surface area contributed by atoms with Gasteiger partial charge in [0.25, 0.3) is 0 Å². The summed E-state index contributed by atoms with van der Waals surface area (Å²) in [6, 6.07) is -0.764. The van der Waals surface area contributed by atoms with Crippen LogP contribution in [0.1, 0.15) is 25.7 Å². The minimum Gasteiger partial charge on any atom is -0.378 e. The predicted molar refractivity (Wildman–Crippen MR) is 106 cm³/mol. The van der Waals surface area contributed by atoms with Gasteiger partial charge in [0.05, 0.1) is 25.1 Å². The minimum atomic E-state index is -3.46. The molecule has 0 radical (unpaired) electrons. The van der Waals surface area contributed by atoms with Gasteiger partial charge in [-0.2, -0.15) is 4.31 Å². The smallest absolute Gasteiger partial charge is 0.249 e. The molecule has 2 amide bonds. The SMILES string of the molecule is CS(=O)(=O)N1CCN([C@@H](CC2CCCCO2)C(=O)Nc2ncc(Cl)s2)C(=O)C1. The molecule has 1 unspecified atom stereocenters. The molecule has 1 aromatic rings.